The summed E-state index contributed by atoms with van der Waals surface area (Å²) in [5.41, 5.74) is 3.32. The minimum Gasteiger partial charge on any atom is -0.460 e. The zero-order chi connectivity index (χ0) is 18.7. The van der Waals surface area contributed by atoms with Crippen LogP contribution in [-0.2, 0) is 9.47 Å². The van der Waals surface area contributed by atoms with Gasteiger partial charge in [0.25, 0.3) is 5.91 Å². The zero-order valence-corrected chi connectivity index (χ0v) is 14.8. The third kappa shape index (κ3) is 3.45. The first kappa shape index (κ1) is 17.7. The normalized spacial score (nSPS) is 10.9. The molecule has 3 N–H and O–H groups in total. The molecule has 0 spiro atoms. The lowest BCUT2D eigenvalue weighted by atomic mass is 10.1. The molecule has 26 heavy (non-hydrogen) atoms. The lowest BCUT2D eigenvalue weighted by molar-refractivity contribution is 0.0387. The molecule has 136 valence electrons. The monoisotopic (exact) mass is 356 g/mol. The van der Waals surface area contributed by atoms with Gasteiger partial charge in [0.15, 0.2) is 0 Å². The summed E-state index contributed by atoms with van der Waals surface area (Å²) in [5, 5.41) is 2.71. The number of anilines is 1. The van der Waals surface area contributed by atoms with Crippen molar-refractivity contribution in [2.75, 3.05) is 25.6 Å². The maximum Gasteiger partial charge on any atom is 0.340 e. The van der Waals surface area contributed by atoms with E-state index in [-0.39, 0.29) is 12.5 Å². The number of methoxy groups -OCH3 is 1. The third-order valence-electron chi connectivity index (χ3n) is 4.01. The van der Waals surface area contributed by atoms with Crippen LogP contribution < -0.4 is 5.32 Å². The van der Waals surface area contributed by atoms with Crippen molar-refractivity contribution in [1.82, 2.24) is 15.0 Å². The van der Waals surface area contributed by atoms with Crippen molar-refractivity contribution in [2.24, 2.45) is 0 Å². The summed E-state index contributed by atoms with van der Waals surface area (Å²) < 4.78 is 10.0. The molecule has 0 radical (unpaired) electrons. The first-order valence-electron chi connectivity index (χ1n) is 8.12. The molecule has 1 aromatic carbocycles. The molecule has 0 aliphatic heterocycles. The van der Waals surface area contributed by atoms with Crippen LogP contribution in [0.4, 0.5) is 5.95 Å². The van der Waals surface area contributed by atoms with Gasteiger partial charge in [-0.3, -0.25) is 10.1 Å². The largest absolute Gasteiger partial charge is 0.460 e. The summed E-state index contributed by atoms with van der Waals surface area (Å²) in [6.07, 6.45) is 0. The highest BCUT2D eigenvalue weighted by atomic mass is 16.6. The number of aromatic amines is 2. The van der Waals surface area contributed by atoms with Gasteiger partial charge in [-0.05, 0) is 31.5 Å². The molecule has 0 unspecified atom stereocenters. The molecule has 3 aromatic rings. The van der Waals surface area contributed by atoms with E-state index in [4.69, 9.17) is 9.47 Å². The topological polar surface area (TPSA) is 109 Å². The van der Waals surface area contributed by atoms with Crippen LogP contribution >= 0.6 is 0 Å². The van der Waals surface area contributed by atoms with Crippen LogP contribution in [0.2, 0.25) is 0 Å². The Hall–Kier alpha value is -3.13. The fraction of sp³-hybridized carbons (Fsp3) is 0.278. The molecule has 2 aromatic heterocycles. The predicted octanol–water partition coefficient (Wildman–Crippen LogP) is 2.56. The van der Waals surface area contributed by atoms with Gasteiger partial charge in [0.1, 0.15) is 12.3 Å². The number of rotatable bonds is 6. The van der Waals surface area contributed by atoms with E-state index in [1.54, 1.807) is 13.8 Å². The molecule has 1 amide bonds. The van der Waals surface area contributed by atoms with Crippen molar-refractivity contribution in [1.29, 1.82) is 0 Å². The van der Waals surface area contributed by atoms with Crippen LogP contribution in [0.1, 0.15) is 32.1 Å². The van der Waals surface area contributed by atoms with Gasteiger partial charge in [-0.1, -0.05) is 12.1 Å². The third-order valence-corrected chi connectivity index (χ3v) is 4.01. The number of hydrogen-bond donors (Lipinski definition) is 3. The number of esters is 1. The van der Waals surface area contributed by atoms with Crippen molar-refractivity contribution in [3.63, 3.8) is 0 Å². The fourth-order valence-electron chi connectivity index (χ4n) is 2.76. The smallest absolute Gasteiger partial charge is 0.340 e. The van der Waals surface area contributed by atoms with Crippen molar-refractivity contribution >= 4 is 28.9 Å². The molecule has 2 heterocycles. The van der Waals surface area contributed by atoms with Crippen LogP contribution in [0.5, 0.6) is 0 Å². The highest BCUT2D eigenvalue weighted by Gasteiger charge is 2.23. The van der Waals surface area contributed by atoms with E-state index in [0.717, 1.165) is 11.0 Å². The van der Waals surface area contributed by atoms with Gasteiger partial charge in [-0.2, -0.15) is 0 Å². The Morgan fingerprint density at radius 2 is 1.92 bits per heavy atom. The second-order valence-electron chi connectivity index (χ2n) is 5.81. The van der Waals surface area contributed by atoms with Crippen LogP contribution in [0.15, 0.2) is 24.3 Å². The number of aryl methyl sites for hydroxylation is 1. The predicted molar refractivity (Wildman–Crippen MR) is 96.5 cm³/mol. The first-order chi connectivity index (χ1) is 12.5. The van der Waals surface area contributed by atoms with Gasteiger partial charge in [-0.15, -0.1) is 0 Å². The Bertz CT molecular complexity index is 924. The summed E-state index contributed by atoms with van der Waals surface area (Å²) in [7, 11) is 1.53. The molecule has 3 rings (SSSR count). The molecule has 0 aliphatic carbocycles. The van der Waals surface area contributed by atoms with E-state index in [0.29, 0.717) is 35.1 Å². The van der Waals surface area contributed by atoms with Gasteiger partial charge in [0.2, 0.25) is 5.95 Å². The average molecular weight is 356 g/mol. The highest BCUT2D eigenvalue weighted by molar-refractivity contribution is 6.06. The van der Waals surface area contributed by atoms with Crippen LogP contribution in [0, 0.1) is 13.8 Å². The van der Waals surface area contributed by atoms with Gasteiger partial charge in [-0.25, -0.2) is 9.78 Å². The SMILES string of the molecule is COCCOC(=O)c1c(C)[nH]c(C(=O)Nc2nc3ccccc3[nH]2)c1C. The van der Waals surface area contributed by atoms with Gasteiger partial charge >= 0.3 is 5.97 Å². The second-order valence-corrected chi connectivity index (χ2v) is 5.81. The number of carbonyl (C=O) groups is 2. The number of carbonyl (C=O) groups excluding carboxylic acids is 2. The number of amides is 1. The number of imidazole rings is 1. The molecule has 0 fully saturated rings. The number of fused-ring (bicyclic) bond motifs is 1. The molecule has 0 bridgehead atoms. The molecule has 8 heteroatoms. The number of hydrogen-bond acceptors (Lipinski definition) is 5. The molecule has 0 saturated heterocycles. The van der Waals surface area contributed by atoms with Gasteiger partial charge < -0.3 is 19.4 Å². The summed E-state index contributed by atoms with van der Waals surface area (Å²) in [6.45, 7) is 3.88. The molecular weight excluding hydrogens is 336 g/mol. The standard InChI is InChI=1S/C18H20N4O4/c1-10-14(17(24)26-9-8-25-3)11(2)19-15(10)16(23)22-18-20-12-6-4-5-7-13(12)21-18/h4-7,19H,8-9H2,1-3H3,(H2,20,21,22,23). The Labute approximate surface area is 149 Å². The number of para-hydroxylation sites is 2. The molecule has 0 atom stereocenters. The summed E-state index contributed by atoms with van der Waals surface area (Å²) in [6, 6.07) is 7.47. The Kier molecular flexibility index (Phi) is 5.04. The molecule has 8 nitrogen and oxygen atoms in total. The maximum absolute atomic E-state index is 12.6. The molecular formula is C18H20N4O4. The van der Waals surface area contributed by atoms with Crippen LogP contribution in [-0.4, -0.2) is 47.2 Å². The number of nitrogens with one attached hydrogen (secondary N) is 3. The minimum absolute atomic E-state index is 0.153. The van der Waals surface area contributed by atoms with E-state index in [1.807, 2.05) is 24.3 Å². The molecule has 0 saturated carbocycles. The fourth-order valence-corrected chi connectivity index (χ4v) is 2.76. The van der Waals surface area contributed by atoms with E-state index in [1.165, 1.54) is 7.11 Å². The Balaban J connectivity index is 1.79. The number of nitrogens with zero attached hydrogens (tertiary/aromatic N) is 1. The van der Waals surface area contributed by atoms with Crippen molar-refractivity contribution in [2.45, 2.75) is 13.8 Å². The van der Waals surface area contributed by atoms with Crippen LogP contribution in [0.3, 0.4) is 0 Å². The number of H-pyrrole nitrogens is 2. The second kappa shape index (κ2) is 7.40. The summed E-state index contributed by atoms with van der Waals surface area (Å²) >= 11 is 0. The van der Waals surface area contributed by atoms with Gasteiger partial charge in [0.05, 0.1) is 23.2 Å². The quantitative estimate of drug-likeness (QED) is 0.464. The number of benzene rings is 1. The number of aromatic nitrogens is 3. The Morgan fingerprint density at radius 1 is 1.15 bits per heavy atom. The molecule has 0 aliphatic rings. The number of ether oxygens (including phenoxy) is 2. The Morgan fingerprint density at radius 3 is 2.65 bits per heavy atom. The van der Waals surface area contributed by atoms with Crippen molar-refractivity contribution in [3.05, 3.63) is 46.8 Å². The van der Waals surface area contributed by atoms with Crippen molar-refractivity contribution in [3.8, 4) is 0 Å². The summed E-state index contributed by atoms with van der Waals surface area (Å²) in [5.74, 6) is -0.538. The highest BCUT2D eigenvalue weighted by Crippen LogP contribution is 2.20. The maximum atomic E-state index is 12.6. The van der Waals surface area contributed by atoms with E-state index >= 15 is 0 Å². The van der Waals surface area contributed by atoms with Crippen molar-refractivity contribution < 1.29 is 19.1 Å². The summed E-state index contributed by atoms with van der Waals surface area (Å²) in [4.78, 5) is 35.1. The minimum atomic E-state index is -0.490. The van der Waals surface area contributed by atoms with E-state index < -0.39 is 5.97 Å². The average Bonchev–Trinajstić information content (AvgIpc) is 3.14. The lowest BCUT2D eigenvalue weighted by Gasteiger charge is -2.05. The van der Waals surface area contributed by atoms with E-state index in [9.17, 15) is 9.59 Å². The lowest BCUT2D eigenvalue weighted by Crippen LogP contribution is -2.15. The van der Waals surface area contributed by atoms with Gasteiger partial charge in [0, 0.05) is 12.8 Å². The zero-order valence-electron chi connectivity index (χ0n) is 14.8. The first-order valence-corrected chi connectivity index (χ1v) is 8.12. The van der Waals surface area contributed by atoms with Crippen LogP contribution in [0.25, 0.3) is 11.0 Å². The van der Waals surface area contributed by atoms with E-state index in [2.05, 4.69) is 20.3 Å².